The first-order valence-electron chi connectivity index (χ1n) is 7.68. The zero-order valence-electron chi connectivity index (χ0n) is 12.8. The lowest BCUT2D eigenvalue weighted by Crippen LogP contribution is -2.40. The fourth-order valence-corrected chi connectivity index (χ4v) is 2.45. The van der Waals surface area contributed by atoms with E-state index >= 15 is 0 Å². The van der Waals surface area contributed by atoms with Crippen LogP contribution in [0.15, 0.2) is 0 Å². The number of alkyl halides is 3. The van der Waals surface area contributed by atoms with Gasteiger partial charge in [0.15, 0.2) is 6.10 Å². The fraction of sp³-hybridized carbons (Fsp3) is 0.929. The van der Waals surface area contributed by atoms with E-state index < -0.39 is 24.7 Å². The lowest BCUT2D eigenvalue weighted by atomic mass is 9.88. The van der Waals surface area contributed by atoms with Gasteiger partial charge >= 0.3 is 12.2 Å². The van der Waals surface area contributed by atoms with Gasteiger partial charge in [0.1, 0.15) is 0 Å². The molecule has 0 aromatic rings. The van der Waals surface area contributed by atoms with E-state index in [0.717, 1.165) is 19.3 Å². The highest BCUT2D eigenvalue weighted by Crippen LogP contribution is 2.26. The number of hydrogen-bond acceptors (Lipinski definition) is 3. The van der Waals surface area contributed by atoms with Gasteiger partial charge in [0.05, 0.1) is 12.7 Å². The summed E-state index contributed by atoms with van der Waals surface area (Å²) < 4.78 is 41.8. The molecule has 3 atom stereocenters. The average Bonchev–Trinajstić information content (AvgIpc) is 2.44. The van der Waals surface area contributed by atoms with Gasteiger partial charge in [-0.1, -0.05) is 19.8 Å². The van der Waals surface area contributed by atoms with Crippen molar-refractivity contribution in [3.8, 4) is 0 Å². The summed E-state index contributed by atoms with van der Waals surface area (Å²) in [7, 11) is 0. The summed E-state index contributed by atoms with van der Waals surface area (Å²) >= 11 is 0. The molecule has 1 aliphatic carbocycles. The molecule has 0 aliphatic heterocycles. The highest BCUT2D eigenvalue weighted by atomic mass is 19.4. The number of aliphatic hydroxyl groups is 1. The summed E-state index contributed by atoms with van der Waals surface area (Å²) in [5.41, 5.74) is 0. The SMILES string of the molecule is CC1CCCCC1OCCNC(=O)NCCC(O)C(F)(F)F. The number of carbonyl (C=O) groups excluding carboxylic acids is 1. The Kier molecular flexibility index (Phi) is 7.95. The van der Waals surface area contributed by atoms with E-state index in [-0.39, 0.29) is 12.6 Å². The molecule has 1 saturated carbocycles. The molecule has 0 aromatic heterocycles. The van der Waals surface area contributed by atoms with E-state index in [0.29, 0.717) is 19.1 Å². The normalized spacial score (nSPS) is 23.9. The maximum absolute atomic E-state index is 12.0. The Balaban J connectivity index is 2.04. The van der Waals surface area contributed by atoms with Gasteiger partial charge in [0.2, 0.25) is 0 Å². The molecule has 0 heterocycles. The molecule has 5 nitrogen and oxygen atoms in total. The second-order valence-electron chi connectivity index (χ2n) is 5.70. The minimum atomic E-state index is -4.65. The summed E-state index contributed by atoms with van der Waals surface area (Å²) in [5, 5.41) is 13.5. The first kappa shape index (κ1) is 19.0. The number of hydrogen-bond donors (Lipinski definition) is 3. The molecule has 8 heteroatoms. The van der Waals surface area contributed by atoms with Crippen LogP contribution < -0.4 is 10.6 Å². The summed E-state index contributed by atoms with van der Waals surface area (Å²) in [6, 6.07) is -0.560. The molecule has 0 spiro atoms. The minimum absolute atomic E-state index is 0.223. The molecular weight excluding hydrogens is 301 g/mol. The first-order valence-corrected chi connectivity index (χ1v) is 7.68. The molecule has 1 aliphatic rings. The predicted octanol–water partition coefficient (Wildman–Crippen LogP) is 2.19. The maximum atomic E-state index is 12.0. The number of rotatable bonds is 7. The van der Waals surface area contributed by atoms with E-state index in [9.17, 15) is 18.0 Å². The number of aliphatic hydroxyl groups excluding tert-OH is 1. The summed E-state index contributed by atoms with van der Waals surface area (Å²) in [6.45, 7) is 2.59. The van der Waals surface area contributed by atoms with Gasteiger partial charge in [-0.05, 0) is 25.2 Å². The van der Waals surface area contributed by atoms with Gasteiger partial charge < -0.3 is 20.5 Å². The number of halogens is 3. The number of ether oxygens (including phenoxy) is 1. The monoisotopic (exact) mass is 326 g/mol. The quantitative estimate of drug-likeness (QED) is 0.628. The van der Waals surface area contributed by atoms with Crippen LogP contribution in [0.5, 0.6) is 0 Å². The zero-order chi connectivity index (χ0) is 16.6. The van der Waals surface area contributed by atoms with Crippen LogP contribution >= 0.6 is 0 Å². The van der Waals surface area contributed by atoms with Gasteiger partial charge in [-0.25, -0.2) is 4.79 Å². The van der Waals surface area contributed by atoms with Crippen molar-refractivity contribution in [1.29, 1.82) is 0 Å². The van der Waals surface area contributed by atoms with Crippen molar-refractivity contribution in [3.63, 3.8) is 0 Å². The summed E-state index contributed by atoms with van der Waals surface area (Å²) in [4.78, 5) is 11.3. The Morgan fingerprint density at radius 1 is 1.27 bits per heavy atom. The molecule has 0 radical (unpaired) electrons. The predicted molar refractivity (Wildman–Crippen MR) is 75.5 cm³/mol. The smallest absolute Gasteiger partial charge is 0.384 e. The van der Waals surface area contributed by atoms with Gasteiger partial charge in [0.25, 0.3) is 0 Å². The molecule has 2 amide bonds. The third kappa shape index (κ3) is 7.31. The zero-order valence-corrected chi connectivity index (χ0v) is 12.8. The van der Waals surface area contributed by atoms with Crippen molar-refractivity contribution in [3.05, 3.63) is 0 Å². The largest absolute Gasteiger partial charge is 0.414 e. The first-order chi connectivity index (χ1) is 10.3. The second-order valence-corrected chi connectivity index (χ2v) is 5.70. The van der Waals surface area contributed by atoms with Crippen LogP contribution in [0.1, 0.15) is 39.0 Å². The lowest BCUT2D eigenvalue weighted by Gasteiger charge is -2.28. The average molecular weight is 326 g/mol. The highest BCUT2D eigenvalue weighted by Gasteiger charge is 2.37. The van der Waals surface area contributed by atoms with Gasteiger partial charge in [0, 0.05) is 13.1 Å². The molecule has 0 bridgehead atoms. The Morgan fingerprint density at radius 3 is 2.55 bits per heavy atom. The Labute approximate surface area is 128 Å². The molecule has 3 N–H and O–H groups in total. The van der Waals surface area contributed by atoms with Crippen molar-refractivity contribution in [2.24, 2.45) is 5.92 Å². The maximum Gasteiger partial charge on any atom is 0.414 e. The molecule has 1 rings (SSSR count). The van der Waals surface area contributed by atoms with Gasteiger partial charge in [-0.15, -0.1) is 0 Å². The van der Waals surface area contributed by atoms with Crippen molar-refractivity contribution in [2.45, 2.75) is 57.4 Å². The Hall–Kier alpha value is -1.02. The fourth-order valence-electron chi connectivity index (χ4n) is 2.45. The molecule has 3 unspecified atom stereocenters. The van der Waals surface area contributed by atoms with Gasteiger partial charge in [-0.3, -0.25) is 0 Å². The van der Waals surface area contributed by atoms with Crippen LogP contribution in [0.4, 0.5) is 18.0 Å². The van der Waals surface area contributed by atoms with E-state index in [2.05, 4.69) is 17.6 Å². The van der Waals surface area contributed by atoms with Crippen LogP contribution in [0.2, 0.25) is 0 Å². The third-order valence-corrected chi connectivity index (χ3v) is 3.83. The summed E-state index contributed by atoms with van der Waals surface area (Å²) in [6.07, 6.45) is -2.83. The highest BCUT2D eigenvalue weighted by molar-refractivity contribution is 5.73. The van der Waals surface area contributed by atoms with Crippen LogP contribution in [0.25, 0.3) is 0 Å². The van der Waals surface area contributed by atoms with Crippen LogP contribution in [0, 0.1) is 5.92 Å². The molecule has 0 saturated heterocycles. The van der Waals surface area contributed by atoms with Crippen LogP contribution in [-0.4, -0.2) is 49.2 Å². The second kappa shape index (κ2) is 9.19. The topological polar surface area (TPSA) is 70.6 Å². The number of carbonyl (C=O) groups is 1. The molecule has 130 valence electrons. The number of urea groups is 1. The molecular formula is C14H25F3N2O3. The number of amides is 2. The minimum Gasteiger partial charge on any atom is -0.384 e. The van der Waals surface area contributed by atoms with E-state index in [1.807, 2.05) is 0 Å². The molecule has 0 aromatic carbocycles. The Morgan fingerprint density at radius 2 is 1.91 bits per heavy atom. The van der Waals surface area contributed by atoms with E-state index in [4.69, 9.17) is 9.84 Å². The standard InChI is InChI=1S/C14H25F3N2O3/c1-10-4-2-3-5-11(10)22-9-8-19-13(21)18-7-6-12(20)14(15,16)17/h10-12,20H,2-9H2,1H3,(H2,18,19,21). The third-order valence-electron chi connectivity index (χ3n) is 3.83. The van der Waals surface area contributed by atoms with Crippen molar-refractivity contribution >= 4 is 6.03 Å². The lowest BCUT2D eigenvalue weighted by molar-refractivity contribution is -0.204. The van der Waals surface area contributed by atoms with E-state index in [1.165, 1.54) is 6.42 Å². The number of nitrogens with one attached hydrogen (secondary N) is 2. The Bertz CT molecular complexity index is 340. The van der Waals surface area contributed by atoms with Crippen molar-refractivity contribution < 1.29 is 27.8 Å². The van der Waals surface area contributed by atoms with Crippen LogP contribution in [-0.2, 0) is 4.74 Å². The molecule has 1 fully saturated rings. The van der Waals surface area contributed by atoms with Gasteiger partial charge in [-0.2, -0.15) is 13.2 Å². The van der Waals surface area contributed by atoms with Crippen molar-refractivity contribution in [1.82, 2.24) is 10.6 Å². The van der Waals surface area contributed by atoms with E-state index in [1.54, 1.807) is 0 Å². The summed E-state index contributed by atoms with van der Waals surface area (Å²) in [5.74, 6) is 0.520. The van der Waals surface area contributed by atoms with Crippen LogP contribution in [0.3, 0.4) is 0 Å². The molecule has 22 heavy (non-hydrogen) atoms. The van der Waals surface area contributed by atoms with Crippen molar-refractivity contribution in [2.75, 3.05) is 19.7 Å².